The minimum Gasteiger partial charge on any atom is -0.462 e. The molecule has 0 spiro atoms. The van der Waals surface area contributed by atoms with E-state index in [-0.39, 0.29) is 31.1 Å². The van der Waals surface area contributed by atoms with Crippen molar-refractivity contribution in [3.8, 4) is 0 Å². The van der Waals surface area contributed by atoms with Gasteiger partial charge in [0.2, 0.25) is 0 Å². The Labute approximate surface area is 473 Å². The van der Waals surface area contributed by atoms with Crippen LogP contribution >= 0.6 is 0 Å². The maximum atomic E-state index is 12.9. The Morgan fingerprint density at radius 1 is 0.263 bits per heavy atom. The third kappa shape index (κ3) is 62.2. The molecule has 6 nitrogen and oxygen atoms in total. The molecule has 1 unspecified atom stereocenters. The second-order valence-corrected chi connectivity index (χ2v) is 22.7. The molecule has 0 aromatic carbocycles. The summed E-state index contributed by atoms with van der Waals surface area (Å²) in [5, 5.41) is 0. The summed E-state index contributed by atoms with van der Waals surface area (Å²) in [4.78, 5) is 38.4. The van der Waals surface area contributed by atoms with E-state index in [1.165, 1.54) is 244 Å². The predicted octanol–water partition coefficient (Wildman–Crippen LogP) is 22.9. The average molecular weight is 1070 g/mol. The highest BCUT2D eigenvalue weighted by molar-refractivity contribution is 5.71. The van der Waals surface area contributed by atoms with Crippen molar-refractivity contribution >= 4 is 17.9 Å². The summed E-state index contributed by atoms with van der Waals surface area (Å²) in [6.45, 7) is 6.65. The van der Waals surface area contributed by atoms with Crippen LogP contribution in [-0.4, -0.2) is 37.2 Å². The molecule has 0 N–H and O–H groups in total. The van der Waals surface area contributed by atoms with Crippen molar-refractivity contribution in [1.29, 1.82) is 0 Å². The maximum absolute atomic E-state index is 12.9. The largest absolute Gasteiger partial charge is 0.462 e. The Morgan fingerprint density at radius 2 is 0.474 bits per heavy atom. The minimum absolute atomic E-state index is 0.0767. The predicted molar refractivity (Wildman–Crippen MR) is 330 cm³/mol. The van der Waals surface area contributed by atoms with Gasteiger partial charge in [0.1, 0.15) is 13.2 Å². The summed E-state index contributed by atoms with van der Waals surface area (Å²) < 4.78 is 17.0. The molecular formula is C70H128O6. The van der Waals surface area contributed by atoms with Gasteiger partial charge in [-0.3, -0.25) is 14.4 Å². The third-order valence-electron chi connectivity index (χ3n) is 15.0. The molecule has 0 saturated heterocycles. The molecular weight excluding hydrogens is 937 g/mol. The molecule has 76 heavy (non-hydrogen) atoms. The normalized spacial score (nSPS) is 12.3. The number of rotatable bonds is 62. The number of unbranched alkanes of at least 4 members (excludes halogenated alkanes) is 43. The highest BCUT2D eigenvalue weighted by Crippen LogP contribution is 2.17. The van der Waals surface area contributed by atoms with Gasteiger partial charge in [-0.05, 0) is 103 Å². The fraction of sp³-hybridized carbons (Fsp3) is 0.843. The lowest BCUT2D eigenvalue weighted by Crippen LogP contribution is -2.30. The monoisotopic (exact) mass is 1060 g/mol. The van der Waals surface area contributed by atoms with Gasteiger partial charge in [0, 0.05) is 19.3 Å². The van der Waals surface area contributed by atoms with Crippen LogP contribution in [0.15, 0.2) is 48.6 Å². The standard InChI is InChI=1S/C70H128O6/c1-4-7-10-13-16-19-22-25-28-30-32-33-34-35-36-37-38-40-42-45-48-51-54-57-60-63-69(72)75-66-67(65-74-68(71)62-59-56-53-50-47-44-41-27-24-21-18-15-12-9-6-3)76-70(73)64-61-58-55-52-49-46-43-39-31-29-26-23-20-17-14-11-8-5-2/h18,21,27,29-32,41,67H,4-17,19-20,22-26,28,33-40,42-66H2,1-3H3/b21-18-,31-29-,32-30-,41-27-. The van der Waals surface area contributed by atoms with Crippen LogP contribution in [0.5, 0.6) is 0 Å². The van der Waals surface area contributed by atoms with Crippen molar-refractivity contribution in [2.75, 3.05) is 13.2 Å². The van der Waals surface area contributed by atoms with Gasteiger partial charge in [-0.2, -0.15) is 0 Å². The smallest absolute Gasteiger partial charge is 0.306 e. The van der Waals surface area contributed by atoms with E-state index in [9.17, 15) is 14.4 Å². The summed E-state index contributed by atoms with van der Waals surface area (Å²) in [6, 6.07) is 0. The molecule has 0 radical (unpaired) electrons. The second kappa shape index (κ2) is 64.9. The maximum Gasteiger partial charge on any atom is 0.306 e. The van der Waals surface area contributed by atoms with E-state index < -0.39 is 6.10 Å². The van der Waals surface area contributed by atoms with Crippen LogP contribution in [0.1, 0.15) is 361 Å². The highest BCUT2D eigenvalue weighted by atomic mass is 16.6. The summed E-state index contributed by atoms with van der Waals surface area (Å²) in [7, 11) is 0. The van der Waals surface area contributed by atoms with Crippen molar-refractivity contribution in [2.24, 2.45) is 0 Å². The zero-order valence-corrected chi connectivity index (χ0v) is 51.0. The van der Waals surface area contributed by atoms with E-state index in [0.29, 0.717) is 19.3 Å². The molecule has 0 aromatic heterocycles. The molecule has 0 fully saturated rings. The number of hydrogen-bond acceptors (Lipinski definition) is 6. The third-order valence-corrected chi connectivity index (χ3v) is 15.0. The Balaban J connectivity index is 4.29. The van der Waals surface area contributed by atoms with Gasteiger partial charge in [-0.25, -0.2) is 0 Å². The van der Waals surface area contributed by atoms with Gasteiger partial charge in [-0.15, -0.1) is 0 Å². The van der Waals surface area contributed by atoms with Crippen molar-refractivity contribution < 1.29 is 28.6 Å². The van der Waals surface area contributed by atoms with E-state index in [2.05, 4.69) is 69.4 Å². The molecule has 0 bridgehead atoms. The molecule has 6 heteroatoms. The Kier molecular flexibility index (Phi) is 62.6. The van der Waals surface area contributed by atoms with Crippen LogP contribution in [0.25, 0.3) is 0 Å². The van der Waals surface area contributed by atoms with Gasteiger partial charge < -0.3 is 14.2 Å². The molecule has 0 aromatic rings. The number of carbonyl (C=O) groups excluding carboxylic acids is 3. The fourth-order valence-electron chi connectivity index (χ4n) is 9.94. The zero-order chi connectivity index (χ0) is 55.0. The van der Waals surface area contributed by atoms with Gasteiger partial charge in [0.25, 0.3) is 0 Å². The van der Waals surface area contributed by atoms with Crippen LogP contribution in [-0.2, 0) is 28.6 Å². The quantitative estimate of drug-likeness (QED) is 0.0261. The van der Waals surface area contributed by atoms with Crippen LogP contribution < -0.4 is 0 Å². The lowest BCUT2D eigenvalue weighted by atomic mass is 10.0. The molecule has 0 aliphatic heterocycles. The van der Waals surface area contributed by atoms with Crippen LogP contribution in [0.3, 0.4) is 0 Å². The number of hydrogen-bond donors (Lipinski definition) is 0. The van der Waals surface area contributed by atoms with Gasteiger partial charge in [0.15, 0.2) is 6.10 Å². The second-order valence-electron chi connectivity index (χ2n) is 22.7. The lowest BCUT2D eigenvalue weighted by Gasteiger charge is -2.18. The Hall–Kier alpha value is -2.63. The molecule has 444 valence electrons. The fourth-order valence-corrected chi connectivity index (χ4v) is 9.94. The zero-order valence-electron chi connectivity index (χ0n) is 51.0. The van der Waals surface area contributed by atoms with Crippen LogP contribution in [0.2, 0.25) is 0 Å². The first-order valence-corrected chi connectivity index (χ1v) is 33.6. The summed E-state index contributed by atoms with van der Waals surface area (Å²) in [6.07, 6.45) is 81.2. The van der Waals surface area contributed by atoms with Gasteiger partial charge >= 0.3 is 17.9 Å². The number of esters is 3. The van der Waals surface area contributed by atoms with E-state index in [1.54, 1.807) is 0 Å². The molecule has 0 saturated carbocycles. The average Bonchev–Trinajstić information content (AvgIpc) is 3.42. The summed E-state index contributed by atoms with van der Waals surface area (Å²) in [5.74, 6) is -0.874. The molecule has 0 rings (SSSR count). The van der Waals surface area contributed by atoms with E-state index in [4.69, 9.17) is 14.2 Å². The van der Waals surface area contributed by atoms with Crippen LogP contribution in [0.4, 0.5) is 0 Å². The van der Waals surface area contributed by atoms with Crippen molar-refractivity contribution in [1.82, 2.24) is 0 Å². The molecule has 0 heterocycles. The van der Waals surface area contributed by atoms with Crippen molar-refractivity contribution in [3.05, 3.63) is 48.6 Å². The van der Waals surface area contributed by atoms with E-state index in [0.717, 1.165) is 77.0 Å². The topological polar surface area (TPSA) is 78.9 Å². The Morgan fingerprint density at radius 3 is 0.763 bits per heavy atom. The number of ether oxygens (including phenoxy) is 3. The minimum atomic E-state index is -0.781. The summed E-state index contributed by atoms with van der Waals surface area (Å²) in [5.41, 5.74) is 0. The SMILES string of the molecule is CCCCC/C=C\C/C=C\CCCCCCCC(=O)OCC(COC(=O)CCCCCCCCCCCCCCC/C=C\CCCCCCCCCC)OC(=O)CCCCCCCCC/C=C\CCCCCCCCC. The highest BCUT2D eigenvalue weighted by Gasteiger charge is 2.19. The van der Waals surface area contributed by atoms with Crippen molar-refractivity contribution in [3.63, 3.8) is 0 Å². The Bertz CT molecular complexity index is 1310. The summed E-state index contributed by atoms with van der Waals surface area (Å²) >= 11 is 0. The van der Waals surface area contributed by atoms with Crippen LogP contribution in [0, 0.1) is 0 Å². The van der Waals surface area contributed by atoms with Gasteiger partial charge in [0.05, 0.1) is 0 Å². The molecule has 0 aliphatic rings. The molecule has 1 atom stereocenters. The van der Waals surface area contributed by atoms with E-state index >= 15 is 0 Å². The number of allylic oxidation sites excluding steroid dienone is 8. The lowest BCUT2D eigenvalue weighted by molar-refractivity contribution is -0.167. The first kappa shape index (κ1) is 73.4. The first-order valence-electron chi connectivity index (χ1n) is 33.6. The molecule has 0 amide bonds. The van der Waals surface area contributed by atoms with Gasteiger partial charge in [-0.1, -0.05) is 288 Å². The van der Waals surface area contributed by atoms with Crippen molar-refractivity contribution in [2.45, 2.75) is 367 Å². The number of carbonyl (C=O) groups is 3. The first-order chi connectivity index (χ1) is 37.5. The molecule has 0 aliphatic carbocycles. The van der Waals surface area contributed by atoms with E-state index in [1.807, 2.05) is 0 Å².